The molecule has 5 nitrogen and oxygen atoms in total. The van der Waals surface area contributed by atoms with Crippen molar-refractivity contribution in [3.8, 4) is 11.5 Å². The Morgan fingerprint density at radius 1 is 0.933 bits per heavy atom. The fraction of sp³-hybridized carbons (Fsp3) is 0.167. The van der Waals surface area contributed by atoms with E-state index in [0.29, 0.717) is 36.6 Å². The Kier molecular flexibility index (Phi) is 5.75. The van der Waals surface area contributed by atoms with Gasteiger partial charge in [-0.25, -0.2) is 4.39 Å². The molecule has 3 aromatic carbocycles. The highest BCUT2D eigenvalue weighted by Crippen LogP contribution is 2.30. The van der Waals surface area contributed by atoms with Crippen LogP contribution < -0.4 is 10.1 Å². The number of nitrogens with one attached hydrogen (secondary N) is 1. The Bertz CT molecular complexity index is 1060. The number of anilines is 1. The third kappa shape index (κ3) is 4.17. The highest BCUT2D eigenvalue weighted by molar-refractivity contribution is 6.02. The van der Waals surface area contributed by atoms with E-state index in [4.69, 9.17) is 4.74 Å². The predicted molar refractivity (Wildman–Crippen MR) is 112 cm³/mol. The number of likely N-dealkylation sites (tertiary alicyclic amines) is 1. The molecule has 6 heteroatoms. The Morgan fingerprint density at radius 3 is 2.43 bits per heavy atom. The summed E-state index contributed by atoms with van der Waals surface area (Å²) < 4.78 is 20.0. The Morgan fingerprint density at radius 2 is 1.63 bits per heavy atom. The average molecular weight is 404 g/mol. The van der Waals surface area contributed by atoms with Gasteiger partial charge in [-0.1, -0.05) is 42.5 Å². The van der Waals surface area contributed by atoms with E-state index < -0.39 is 17.8 Å². The fourth-order valence-corrected chi connectivity index (χ4v) is 3.56. The molecular weight excluding hydrogens is 383 g/mol. The second-order valence-corrected chi connectivity index (χ2v) is 7.04. The van der Waals surface area contributed by atoms with Gasteiger partial charge in [0, 0.05) is 6.54 Å². The molecule has 0 saturated carbocycles. The maximum Gasteiger partial charge on any atom is 0.257 e. The monoisotopic (exact) mass is 404 g/mol. The molecule has 3 aromatic rings. The van der Waals surface area contributed by atoms with E-state index in [0.717, 1.165) is 0 Å². The lowest BCUT2D eigenvalue weighted by Gasteiger charge is -2.24. The zero-order valence-electron chi connectivity index (χ0n) is 16.3. The number of para-hydroxylation sites is 3. The zero-order chi connectivity index (χ0) is 20.9. The number of hydrogen-bond acceptors (Lipinski definition) is 3. The van der Waals surface area contributed by atoms with Gasteiger partial charge in [0.1, 0.15) is 17.6 Å². The van der Waals surface area contributed by atoms with E-state index in [1.165, 1.54) is 23.1 Å². The molecule has 0 radical (unpaired) electrons. The van der Waals surface area contributed by atoms with Crippen molar-refractivity contribution in [2.45, 2.75) is 18.9 Å². The van der Waals surface area contributed by atoms with Crippen LogP contribution in [0.2, 0.25) is 0 Å². The topological polar surface area (TPSA) is 58.6 Å². The summed E-state index contributed by atoms with van der Waals surface area (Å²) in [4.78, 5) is 27.3. The lowest BCUT2D eigenvalue weighted by Crippen LogP contribution is -2.43. The van der Waals surface area contributed by atoms with E-state index in [2.05, 4.69) is 5.32 Å². The van der Waals surface area contributed by atoms with Crippen molar-refractivity contribution in [1.82, 2.24) is 4.90 Å². The van der Waals surface area contributed by atoms with Gasteiger partial charge in [0.05, 0.1) is 11.3 Å². The normalized spacial score (nSPS) is 15.6. The summed E-state index contributed by atoms with van der Waals surface area (Å²) in [5.41, 5.74) is 0.488. The molecule has 0 aliphatic carbocycles. The first-order chi connectivity index (χ1) is 14.6. The van der Waals surface area contributed by atoms with E-state index >= 15 is 0 Å². The van der Waals surface area contributed by atoms with E-state index in [-0.39, 0.29) is 11.5 Å². The molecule has 1 fully saturated rings. The van der Waals surface area contributed by atoms with Gasteiger partial charge < -0.3 is 15.0 Å². The summed E-state index contributed by atoms with van der Waals surface area (Å²) >= 11 is 0. The van der Waals surface area contributed by atoms with Crippen molar-refractivity contribution in [3.63, 3.8) is 0 Å². The van der Waals surface area contributed by atoms with Crippen LogP contribution in [0.3, 0.4) is 0 Å². The SMILES string of the molecule is O=C(Nc1ccccc1Oc1ccccc1)C1CCCN1C(=O)c1ccccc1F. The average Bonchev–Trinajstić information content (AvgIpc) is 3.26. The van der Waals surface area contributed by atoms with Crippen LogP contribution in [0.15, 0.2) is 78.9 Å². The fourth-order valence-electron chi connectivity index (χ4n) is 3.56. The van der Waals surface area contributed by atoms with Crippen LogP contribution in [0.1, 0.15) is 23.2 Å². The highest BCUT2D eigenvalue weighted by Gasteiger charge is 2.35. The molecule has 4 rings (SSSR count). The van der Waals surface area contributed by atoms with Gasteiger partial charge in [-0.2, -0.15) is 0 Å². The lowest BCUT2D eigenvalue weighted by atomic mass is 10.1. The van der Waals surface area contributed by atoms with Crippen molar-refractivity contribution in [3.05, 3.63) is 90.2 Å². The summed E-state index contributed by atoms with van der Waals surface area (Å²) in [7, 11) is 0. The number of hydrogen-bond donors (Lipinski definition) is 1. The standard InChI is InChI=1S/C24H21FN2O3/c25-19-12-5-4-11-18(19)24(29)27-16-8-14-21(27)23(28)26-20-13-6-7-15-22(20)30-17-9-2-1-3-10-17/h1-7,9-13,15,21H,8,14,16H2,(H,26,28). The Hall–Kier alpha value is -3.67. The summed E-state index contributed by atoms with van der Waals surface area (Å²) in [6.07, 6.45) is 1.20. The smallest absolute Gasteiger partial charge is 0.257 e. The number of rotatable bonds is 5. The van der Waals surface area contributed by atoms with Gasteiger partial charge in [0.2, 0.25) is 5.91 Å². The number of carbonyl (C=O) groups is 2. The predicted octanol–water partition coefficient (Wildman–Crippen LogP) is 4.86. The minimum Gasteiger partial charge on any atom is -0.455 e. The summed E-state index contributed by atoms with van der Waals surface area (Å²) in [6, 6.07) is 21.5. The molecule has 1 N–H and O–H groups in total. The number of amides is 2. The molecule has 1 unspecified atom stereocenters. The maximum absolute atomic E-state index is 14.1. The van der Waals surface area contributed by atoms with Crippen LogP contribution in [0.4, 0.5) is 10.1 Å². The third-order valence-corrected chi connectivity index (χ3v) is 5.04. The molecular formula is C24H21FN2O3. The maximum atomic E-state index is 14.1. The van der Waals surface area contributed by atoms with Crippen molar-refractivity contribution in [1.29, 1.82) is 0 Å². The van der Waals surface area contributed by atoms with Crippen molar-refractivity contribution in [2.24, 2.45) is 0 Å². The number of carbonyl (C=O) groups excluding carboxylic acids is 2. The second kappa shape index (κ2) is 8.78. The first-order valence-electron chi connectivity index (χ1n) is 9.82. The van der Waals surface area contributed by atoms with Crippen LogP contribution in [-0.4, -0.2) is 29.3 Å². The van der Waals surface area contributed by atoms with E-state index in [1.807, 2.05) is 36.4 Å². The lowest BCUT2D eigenvalue weighted by molar-refractivity contribution is -0.119. The summed E-state index contributed by atoms with van der Waals surface area (Å²) in [5, 5.41) is 2.87. The van der Waals surface area contributed by atoms with Crippen molar-refractivity contribution < 1.29 is 18.7 Å². The Balaban J connectivity index is 1.51. The van der Waals surface area contributed by atoms with Crippen LogP contribution in [-0.2, 0) is 4.79 Å². The molecule has 0 aromatic heterocycles. The van der Waals surface area contributed by atoms with Crippen LogP contribution >= 0.6 is 0 Å². The third-order valence-electron chi connectivity index (χ3n) is 5.04. The first kappa shape index (κ1) is 19.6. The largest absolute Gasteiger partial charge is 0.455 e. The molecule has 2 amide bonds. The minimum absolute atomic E-state index is 0.0231. The van der Waals surface area contributed by atoms with Gasteiger partial charge in [-0.3, -0.25) is 9.59 Å². The molecule has 152 valence electrons. The quantitative estimate of drug-likeness (QED) is 0.661. The second-order valence-electron chi connectivity index (χ2n) is 7.04. The molecule has 0 spiro atoms. The number of nitrogens with zero attached hydrogens (tertiary/aromatic N) is 1. The van der Waals surface area contributed by atoms with Gasteiger partial charge >= 0.3 is 0 Å². The van der Waals surface area contributed by atoms with Crippen molar-refractivity contribution in [2.75, 3.05) is 11.9 Å². The van der Waals surface area contributed by atoms with E-state index in [9.17, 15) is 14.0 Å². The van der Waals surface area contributed by atoms with Crippen LogP contribution in [0, 0.1) is 5.82 Å². The van der Waals surface area contributed by atoms with Gasteiger partial charge in [-0.15, -0.1) is 0 Å². The summed E-state index contributed by atoms with van der Waals surface area (Å²) in [5.74, 6) is -0.227. The van der Waals surface area contributed by atoms with Gasteiger partial charge in [0.15, 0.2) is 5.75 Å². The molecule has 1 aliphatic rings. The van der Waals surface area contributed by atoms with Gasteiger partial charge in [0.25, 0.3) is 5.91 Å². The first-order valence-corrected chi connectivity index (χ1v) is 9.82. The molecule has 0 bridgehead atoms. The number of halogens is 1. The minimum atomic E-state index is -0.665. The molecule has 1 saturated heterocycles. The van der Waals surface area contributed by atoms with Crippen LogP contribution in [0.5, 0.6) is 11.5 Å². The number of ether oxygens (including phenoxy) is 1. The molecule has 1 heterocycles. The van der Waals surface area contributed by atoms with Crippen LogP contribution in [0.25, 0.3) is 0 Å². The van der Waals surface area contributed by atoms with E-state index in [1.54, 1.807) is 24.3 Å². The molecule has 1 aliphatic heterocycles. The summed E-state index contributed by atoms with van der Waals surface area (Å²) in [6.45, 7) is 0.410. The molecule has 30 heavy (non-hydrogen) atoms. The molecule has 1 atom stereocenters. The van der Waals surface area contributed by atoms with Gasteiger partial charge in [-0.05, 0) is 49.2 Å². The highest BCUT2D eigenvalue weighted by atomic mass is 19.1. The van der Waals surface area contributed by atoms with Crippen molar-refractivity contribution >= 4 is 17.5 Å². The number of benzene rings is 3. The zero-order valence-corrected chi connectivity index (χ0v) is 16.3. The Labute approximate surface area is 174 Å².